The van der Waals surface area contributed by atoms with Crippen molar-refractivity contribution >= 4 is 11.9 Å². The topological polar surface area (TPSA) is 52.6 Å². The van der Waals surface area contributed by atoms with E-state index in [1.165, 1.54) is 0 Å². The van der Waals surface area contributed by atoms with Gasteiger partial charge in [0.2, 0.25) is 0 Å². The Morgan fingerprint density at radius 1 is 1.05 bits per heavy atom. The van der Waals surface area contributed by atoms with Crippen molar-refractivity contribution in [2.75, 3.05) is 13.2 Å². The SMILES string of the molecule is CC1=CCC(C(=O)OCC(C)C)C(C(=O)OCC(C)C)C1. The van der Waals surface area contributed by atoms with Crippen molar-refractivity contribution in [3.05, 3.63) is 11.6 Å². The van der Waals surface area contributed by atoms with E-state index in [1.807, 2.05) is 40.7 Å². The fourth-order valence-corrected chi connectivity index (χ4v) is 2.28. The minimum atomic E-state index is -0.410. The van der Waals surface area contributed by atoms with Gasteiger partial charge in [0.1, 0.15) is 0 Å². The van der Waals surface area contributed by atoms with E-state index < -0.39 is 11.8 Å². The van der Waals surface area contributed by atoms with Crippen LogP contribution in [0.1, 0.15) is 47.5 Å². The lowest BCUT2D eigenvalue weighted by Gasteiger charge is -2.28. The number of carbonyl (C=O) groups is 2. The molecule has 0 saturated carbocycles. The second-order valence-electron chi connectivity index (χ2n) is 6.75. The fraction of sp³-hybridized carbons (Fsp3) is 0.765. The van der Waals surface area contributed by atoms with Crippen LogP contribution < -0.4 is 0 Å². The predicted octanol–water partition coefficient (Wildman–Crippen LogP) is 3.36. The van der Waals surface area contributed by atoms with E-state index in [2.05, 4.69) is 0 Å². The third kappa shape index (κ3) is 5.90. The van der Waals surface area contributed by atoms with Gasteiger partial charge in [-0.2, -0.15) is 0 Å². The van der Waals surface area contributed by atoms with E-state index in [4.69, 9.17) is 9.47 Å². The summed E-state index contributed by atoms with van der Waals surface area (Å²) < 4.78 is 10.6. The minimum absolute atomic E-state index is 0.275. The molecule has 0 aromatic carbocycles. The van der Waals surface area contributed by atoms with E-state index in [0.29, 0.717) is 37.9 Å². The maximum atomic E-state index is 12.2. The monoisotopic (exact) mass is 296 g/mol. The molecule has 0 aromatic heterocycles. The predicted molar refractivity (Wildman–Crippen MR) is 81.6 cm³/mol. The molecule has 4 nitrogen and oxygen atoms in total. The molecule has 0 saturated heterocycles. The van der Waals surface area contributed by atoms with Crippen molar-refractivity contribution in [2.24, 2.45) is 23.7 Å². The Morgan fingerprint density at radius 2 is 1.52 bits per heavy atom. The van der Waals surface area contributed by atoms with E-state index in [9.17, 15) is 9.59 Å². The lowest BCUT2D eigenvalue weighted by atomic mass is 9.80. The Labute approximate surface area is 127 Å². The van der Waals surface area contributed by atoms with Gasteiger partial charge < -0.3 is 9.47 Å². The molecule has 0 spiro atoms. The molecule has 120 valence electrons. The molecule has 2 atom stereocenters. The summed E-state index contributed by atoms with van der Waals surface area (Å²) in [6.07, 6.45) is 3.16. The normalized spacial score (nSPS) is 22.1. The average molecular weight is 296 g/mol. The Balaban J connectivity index is 2.69. The van der Waals surface area contributed by atoms with Gasteiger partial charge in [-0.1, -0.05) is 39.3 Å². The molecule has 2 unspecified atom stereocenters. The van der Waals surface area contributed by atoms with Crippen molar-refractivity contribution in [1.82, 2.24) is 0 Å². The third-order valence-corrected chi connectivity index (χ3v) is 3.47. The molecular weight excluding hydrogens is 268 g/mol. The number of hydrogen-bond donors (Lipinski definition) is 0. The van der Waals surface area contributed by atoms with Crippen LogP contribution in [-0.4, -0.2) is 25.2 Å². The quantitative estimate of drug-likeness (QED) is 0.557. The zero-order chi connectivity index (χ0) is 16.0. The third-order valence-electron chi connectivity index (χ3n) is 3.47. The molecule has 0 amide bonds. The van der Waals surface area contributed by atoms with Crippen LogP contribution in [0.2, 0.25) is 0 Å². The van der Waals surface area contributed by atoms with E-state index >= 15 is 0 Å². The second kappa shape index (κ2) is 8.20. The van der Waals surface area contributed by atoms with E-state index in [1.54, 1.807) is 0 Å². The summed E-state index contributed by atoms with van der Waals surface area (Å²) in [7, 11) is 0. The first-order valence-corrected chi connectivity index (χ1v) is 7.80. The summed E-state index contributed by atoms with van der Waals surface area (Å²) in [6, 6.07) is 0. The van der Waals surface area contributed by atoms with Crippen molar-refractivity contribution in [1.29, 1.82) is 0 Å². The standard InChI is InChI=1S/C17H28O4/c1-11(2)9-20-16(18)14-7-6-13(5)8-15(14)17(19)21-10-12(3)4/h6,11-12,14-15H,7-10H2,1-5H3. The zero-order valence-corrected chi connectivity index (χ0v) is 13.8. The van der Waals surface area contributed by atoms with Gasteiger partial charge in [-0.15, -0.1) is 0 Å². The van der Waals surface area contributed by atoms with Crippen molar-refractivity contribution in [3.63, 3.8) is 0 Å². The molecule has 4 heteroatoms. The first kappa shape index (κ1) is 17.7. The number of rotatable bonds is 6. The summed E-state index contributed by atoms with van der Waals surface area (Å²) in [5.74, 6) is -0.788. The van der Waals surface area contributed by atoms with Gasteiger partial charge in [0.25, 0.3) is 0 Å². The van der Waals surface area contributed by atoms with Gasteiger partial charge in [-0.3, -0.25) is 9.59 Å². The van der Waals surface area contributed by atoms with Crippen LogP contribution in [0.15, 0.2) is 11.6 Å². The van der Waals surface area contributed by atoms with Crippen molar-refractivity contribution < 1.29 is 19.1 Å². The minimum Gasteiger partial charge on any atom is -0.465 e. The summed E-state index contributed by atoms with van der Waals surface area (Å²) in [5.41, 5.74) is 1.13. The fourth-order valence-electron chi connectivity index (χ4n) is 2.28. The highest BCUT2D eigenvalue weighted by molar-refractivity contribution is 5.83. The molecule has 0 heterocycles. The lowest BCUT2D eigenvalue weighted by Crippen LogP contribution is -2.35. The van der Waals surface area contributed by atoms with Crippen LogP contribution in [0, 0.1) is 23.7 Å². The molecule has 1 aliphatic rings. The molecule has 1 rings (SSSR count). The maximum absolute atomic E-state index is 12.2. The maximum Gasteiger partial charge on any atom is 0.310 e. The number of hydrogen-bond acceptors (Lipinski definition) is 4. The molecule has 0 bridgehead atoms. The first-order chi connectivity index (χ1) is 9.81. The highest BCUT2D eigenvalue weighted by Crippen LogP contribution is 2.31. The molecule has 21 heavy (non-hydrogen) atoms. The number of ether oxygens (including phenoxy) is 2. The number of carbonyl (C=O) groups excluding carboxylic acids is 2. The van der Waals surface area contributed by atoms with Gasteiger partial charge >= 0.3 is 11.9 Å². The Hall–Kier alpha value is -1.32. The molecule has 0 aromatic rings. The zero-order valence-electron chi connectivity index (χ0n) is 13.8. The van der Waals surface area contributed by atoms with E-state index in [-0.39, 0.29) is 11.9 Å². The molecule has 0 fully saturated rings. The summed E-state index contributed by atoms with van der Waals surface area (Å²) in [4.78, 5) is 24.4. The van der Waals surface area contributed by atoms with Crippen molar-refractivity contribution in [3.8, 4) is 0 Å². The van der Waals surface area contributed by atoms with Crippen LogP contribution in [0.3, 0.4) is 0 Å². The highest BCUT2D eigenvalue weighted by atomic mass is 16.5. The van der Waals surface area contributed by atoms with Gasteiger partial charge in [0, 0.05) is 0 Å². The number of esters is 2. The van der Waals surface area contributed by atoms with Crippen LogP contribution in [0.5, 0.6) is 0 Å². The lowest BCUT2D eigenvalue weighted by molar-refractivity contribution is -0.162. The summed E-state index contributed by atoms with van der Waals surface area (Å²) in [5, 5.41) is 0. The highest BCUT2D eigenvalue weighted by Gasteiger charge is 2.37. The smallest absolute Gasteiger partial charge is 0.310 e. The molecule has 1 aliphatic carbocycles. The Morgan fingerprint density at radius 3 is 2.00 bits per heavy atom. The number of allylic oxidation sites excluding steroid dienone is 2. The van der Waals surface area contributed by atoms with Gasteiger partial charge in [-0.05, 0) is 31.6 Å². The van der Waals surface area contributed by atoms with Crippen LogP contribution in [0.25, 0.3) is 0 Å². The molecule has 0 aliphatic heterocycles. The van der Waals surface area contributed by atoms with Gasteiger partial charge in [-0.25, -0.2) is 0 Å². The van der Waals surface area contributed by atoms with Crippen LogP contribution in [0.4, 0.5) is 0 Å². The van der Waals surface area contributed by atoms with Gasteiger partial charge in [0.05, 0.1) is 25.0 Å². The first-order valence-electron chi connectivity index (χ1n) is 7.80. The van der Waals surface area contributed by atoms with E-state index in [0.717, 1.165) is 5.57 Å². The largest absolute Gasteiger partial charge is 0.465 e. The van der Waals surface area contributed by atoms with Crippen LogP contribution in [-0.2, 0) is 19.1 Å². The average Bonchev–Trinajstić information content (AvgIpc) is 2.41. The second-order valence-corrected chi connectivity index (χ2v) is 6.75. The summed E-state index contributed by atoms with van der Waals surface area (Å²) >= 11 is 0. The Bertz CT molecular complexity index is 396. The summed E-state index contributed by atoms with van der Waals surface area (Å²) in [6.45, 7) is 10.7. The molecule has 0 N–H and O–H groups in total. The van der Waals surface area contributed by atoms with Gasteiger partial charge in [0.15, 0.2) is 0 Å². The van der Waals surface area contributed by atoms with Crippen molar-refractivity contribution in [2.45, 2.75) is 47.5 Å². The molecular formula is C17H28O4. The molecule has 0 radical (unpaired) electrons. The Kier molecular flexibility index (Phi) is 6.93. The van der Waals surface area contributed by atoms with Crippen LogP contribution >= 0.6 is 0 Å².